The first-order valence-electron chi connectivity index (χ1n) is 7.20. The van der Waals surface area contributed by atoms with Crippen LogP contribution in [0.25, 0.3) is 0 Å². The fourth-order valence-electron chi connectivity index (χ4n) is 1.93. The summed E-state index contributed by atoms with van der Waals surface area (Å²) in [5.74, 6) is 0.249. The van der Waals surface area contributed by atoms with Crippen molar-refractivity contribution in [1.82, 2.24) is 5.43 Å². The van der Waals surface area contributed by atoms with Crippen LogP contribution in [0.1, 0.15) is 11.1 Å². The number of hydrogen-bond donors (Lipinski definition) is 2. The molecule has 26 heavy (non-hydrogen) atoms. The van der Waals surface area contributed by atoms with Crippen molar-refractivity contribution in [3.05, 3.63) is 52.0 Å². The Morgan fingerprint density at radius 2 is 1.96 bits per heavy atom. The first kappa shape index (κ1) is 20.1. The number of hydrazone groups is 1. The average Bonchev–Trinajstić information content (AvgIpc) is 2.57. The van der Waals surface area contributed by atoms with E-state index < -0.39 is 10.1 Å². The van der Waals surface area contributed by atoms with Crippen LogP contribution < -0.4 is 20.1 Å². The molecule has 0 heterocycles. The highest BCUT2D eigenvalue weighted by atomic mass is 79.9. The number of nitrogens with zero attached hydrogens (tertiary/aromatic N) is 1. The molecule has 0 unspecified atom stereocenters. The fraction of sp³-hybridized carbons (Fsp3) is 0.125. The minimum atomic E-state index is -4.02. The molecule has 0 aliphatic rings. The summed E-state index contributed by atoms with van der Waals surface area (Å²) in [7, 11) is -2.61. The van der Waals surface area contributed by atoms with Crippen molar-refractivity contribution in [1.29, 1.82) is 0 Å². The van der Waals surface area contributed by atoms with Gasteiger partial charge in [0.1, 0.15) is 4.90 Å². The number of thiocarbonyl (C=S) groups is 1. The van der Waals surface area contributed by atoms with Crippen molar-refractivity contribution in [2.75, 3.05) is 7.11 Å². The van der Waals surface area contributed by atoms with E-state index in [1.165, 1.54) is 25.5 Å². The maximum absolute atomic E-state index is 12.5. The molecule has 0 bridgehead atoms. The lowest BCUT2D eigenvalue weighted by Gasteiger charge is -2.13. The highest BCUT2D eigenvalue weighted by molar-refractivity contribution is 9.10. The first-order chi connectivity index (χ1) is 12.2. The van der Waals surface area contributed by atoms with E-state index in [-0.39, 0.29) is 21.5 Å². The second kappa shape index (κ2) is 8.47. The van der Waals surface area contributed by atoms with Crippen LogP contribution in [-0.2, 0) is 10.1 Å². The third kappa shape index (κ3) is 5.16. The molecule has 7 nitrogen and oxygen atoms in total. The number of halogens is 1. The number of rotatable bonds is 6. The van der Waals surface area contributed by atoms with Crippen LogP contribution in [-0.4, -0.2) is 26.9 Å². The summed E-state index contributed by atoms with van der Waals surface area (Å²) in [6.45, 7) is 1.86. The first-order valence-corrected chi connectivity index (χ1v) is 9.81. The molecule has 0 aliphatic carbocycles. The number of aryl methyl sites for hydroxylation is 1. The Labute approximate surface area is 165 Å². The third-order valence-corrected chi connectivity index (χ3v) is 5.06. The minimum absolute atomic E-state index is 0.0245. The molecule has 0 amide bonds. The van der Waals surface area contributed by atoms with E-state index in [9.17, 15) is 8.42 Å². The van der Waals surface area contributed by atoms with Crippen LogP contribution in [0.15, 0.2) is 50.9 Å². The number of methoxy groups -OCH3 is 1. The summed E-state index contributed by atoms with van der Waals surface area (Å²) < 4.78 is 35.9. The van der Waals surface area contributed by atoms with E-state index in [4.69, 9.17) is 14.7 Å². The summed E-state index contributed by atoms with van der Waals surface area (Å²) in [6, 6.07) is 9.53. The van der Waals surface area contributed by atoms with Gasteiger partial charge in [-0.05, 0) is 64.9 Å². The topological polar surface area (TPSA) is 103 Å². The van der Waals surface area contributed by atoms with Crippen LogP contribution in [0.2, 0.25) is 0 Å². The molecule has 0 saturated carbocycles. The minimum Gasteiger partial charge on any atom is -0.493 e. The Balaban J connectivity index is 2.35. The molecule has 0 aliphatic heterocycles. The predicted octanol–water partition coefficient (Wildman–Crippen LogP) is 2.70. The molecular formula is C16H16BrN3O4S2. The van der Waals surface area contributed by atoms with Crippen molar-refractivity contribution < 1.29 is 17.3 Å². The van der Waals surface area contributed by atoms with Gasteiger partial charge in [0.15, 0.2) is 16.6 Å². The summed E-state index contributed by atoms with van der Waals surface area (Å²) >= 11 is 7.95. The van der Waals surface area contributed by atoms with Gasteiger partial charge in [-0.1, -0.05) is 17.7 Å². The summed E-state index contributed by atoms with van der Waals surface area (Å²) in [6.07, 6.45) is 1.45. The highest BCUT2D eigenvalue weighted by Gasteiger charge is 2.21. The van der Waals surface area contributed by atoms with E-state index in [2.05, 4.69) is 38.7 Å². The van der Waals surface area contributed by atoms with Gasteiger partial charge in [-0.15, -0.1) is 0 Å². The zero-order valence-electron chi connectivity index (χ0n) is 13.9. The fourth-order valence-corrected chi connectivity index (χ4v) is 3.59. The zero-order valence-corrected chi connectivity index (χ0v) is 17.1. The Bertz CT molecular complexity index is 945. The Kier molecular flexibility index (Phi) is 6.57. The van der Waals surface area contributed by atoms with Crippen LogP contribution in [0.5, 0.6) is 11.5 Å². The van der Waals surface area contributed by atoms with Crippen LogP contribution >= 0.6 is 28.1 Å². The number of hydrogen-bond acceptors (Lipinski definition) is 6. The molecule has 0 spiro atoms. The monoisotopic (exact) mass is 457 g/mol. The lowest BCUT2D eigenvalue weighted by atomic mass is 10.2. The second-order valence-corrected chi connectivity index (χ2v) is 7.96. The predicted molar refractivity (Wildman–Crippen MR) is 107 cm³/mol. The van der Waals surface area contributed by atoms with E-state index in [1.54, 1.807) is 24.3 Å². The lowest BCUT2D eigenvalue weighted by Crippen LogP contribution is -2.24. The summed E-state index contributed by atoms with van der Waals surface area (Å²) in [5.41, 5.74) is 9.26. The third-order valence-electron chi connectivity index (χ3n) is 3.14. The molecule has 0 aromatic heterocycles. The molecule has 0 saturated heterocycles. The SMILES string of the molecule is COc1cc(/C=N\NC(N)=S)cc(Br)c1OS(=O)(=O)c1ccc(C)cc1. The van der Waals surface area contributed by atoms with Crippen molar-refractivity contribution in [3.63, 3.8) is 0 Å². The molecule has 2 aromatic rings. The summed E-state index contributed by atoms with van der Waals surface area (Å²) in [5, 5.41) is 3.87. The van der Waals surface area contributed by atoms with Crippen LogP contribution in [0.3, 0.4) is 0 Å². The molecule has 138 valence electrons. The maximum Gasteiger partial charge on any atom is 0.339 e. The molecule has 0 radical (unpaired) electrons. The van der Waals surface area contributed by atoms with Crippen LogP contribution in [0, 0.1) is 6.92 Å². The van der Waals surface area contributed by atoms with Gasteiger partial charge in [-0.3, -0.25) is 5.43 Å². The second-order valence-electron chi connectivity index (χ2n) is 5.12. The van der Waals surface area contributed by atoms with Gasteiger partial charge in [0.05, 0.1) is 17.8 Å². The number of ether oxygens (including phenoxy) is 1. The van der Waals surface area contributed by atoms with Gasteiger partial charge in [0.25, 0.3) is 0 Å². The van der Waals surface area contributed by atoms with E-state index in [0.717, 1.165) is 5.56 Å². The van der Waals surface area contributed by atoms with Gasteiger partial charge in [-0.2, -0.15) is 13.5 Å². The molecule has 2 rings (SSSR count). The largest absolute Gasteiger partial charge is 0.493 e. The summed E-state index contributed by atoms with van der Waals surface area (Å²) in [4.78, 5) is 0.0448. The van der Waals surface area contributed by atoms with Crippen LogP contribution in [0.4, 0.5) is 0 Å². The van der Waals surface area contributed by atoms with Crippen molar-refractivity contribution in [3.8, 4) is 11.5 Å². The normalized spacial score (nSPS) is 11.3. The average molecular weight is 458 g/mol. The van der Waals surface area contributed by atoms with E-state index in [0.29, 0.717) is 10.0 Å². The quantitative estimate of drug-likeness (QED) is 0.297. The smallest absolute Gasteiger partial charge is 0.339 e. The molecule has 2 aromatic carbocycles. The number of nitrogens with one attached hydrogen (secondary N) is 1. The lowest BCUT2D eigenvalue weighted by molar-refractivity contribution is 0.389. The Morgan fingerprint density at radius 1 is 1.31 bits per heavy atom. The van der Waals surface area contributed by atoms with Gasteiger partial charge in [0, 0.05) is 0 Å². The number of benzene rings is 2. The van der Waals surface area contributed by atoms with Crippen molar-refractivity contribution >= 4 is 49.6 Å². The molecule has 0 fully saturated rings. The Hall–Kier alpha value is -2.17. The Morgan fingerprint density at radius 3 is 2.54 bits per heavy atom. The zero-order chi connectivity index (χ0) is 19.3. The number of nitrogens with two attached hydrogens (primary N) is 1. The standard InChI is InChI=1S/C16H16BrN3O4S2/c1-10-3-5-12(6-4-10)26(21,22)24-15-13(17)7-11(8-14(15)23-2)9-19-20-16(18)25/h3-9H,1-2H3,(H3,18,20,25)/b19-9-. The van der Waals surface area contributed by atoms with Gasteiger partial charge in [-0.25, -0.2) is 0 Å². The van der Waals surface area contributed by atoms with Crippen molar-refractivity contribution in [2.24, 2.45) is 10.8 Å². The van der Waals surface area contributed by atoms with Gasteiger partial charge in [0.2, 0.25) is 0 Å². The van der Waals surface area contributed by atoms with Crippen molar-refractivity contribution in [2.45, 2.75) is 11.8 Å². The molecule has 3 N–H and O–H groups in total. The molecule has 0 atom stereocenters. The molecule has 10 heteroatoms. The van der Waals surface area contributed by atoms with Gasteiger partial charge >= 0.3 is 10.1 Å². The van der Waals surface area contributed by atoms with E-state index >= 15 is 0 Å². The van der Waals surface area contributed by atoms with Gasteiger partial charge < -0.3 is 14.7 Å². The maximum atomic E-state index is 12.5. The highest BCUT2D eigenvalue weighted by Crippen LogP contribution is 2.38. The van der Waals surface area contributed by atoms with E-state index in [1.807, 2.05) is 6.92 Å². The molecular weight excluding hydrogens is 442 g/mol.